The van der Waals surface area contributed by atoms with Gasteiger partial charge in [-0.05, 0) is 30.5 Å². The highest BCUT2D eigenvalue weighted by Crippen LogP contribution is 2.18. The van der Waals surface area contributed by atoms with Gasteiger partial charge in [0, 0.05) is 13.1 Å². The summed E-state index contributed by atoms with van der Waals surface area (Å²) in [5.74, 6) is -0.428. The van der Waals surface area contributed by atoms with Crippen molar-refractivity contribution in [1.29, 1.82) is 0 Å². The maximum atomic E-state index is 11.0. The molecule has 1 unspecified atom stereocenters. The van der Waals surface area contributed by atoms with E-state index in [1.807, 2.05) is 0 Å². The van der Waals surface area contributed by atoms with E-state index < -0.39 is 11.9 Å². The number of fused-ring (bicyclic) bond motifs is 1. The Balaban J connectivity index is 2.05. The number of nitrogens with two attached hydrogens (primary N) is 2. The van der Waals surface area contributed by atoms with Gasteiger partial charge < -0.3 is 11.5 Å². The zero-order chi connectivity index (χ0) is 12.3. The van der Waals surface area contributed by atoms with Gasteiger partial charge in [-0.25, -0.2) is 0 Å². The molecule has 1 aliphatic heterocycles. The quantitative estimate of drug-likeness (QED) is 0.786. The van der Waals surface area contributed by atoms with Gasteiger partial charge in [0.25, 0.3) is 0 Å². The number of benzene rings is 1. The first-order valence-corrected chi connectivity index (χ1v) is 6.01. The molecule has 4 heteroatoms. The lowest BCUT2D eigenvalue weighted by molar-refractivity contribution is -0.119. The topological polar surface area (TPSA) is 72.3 Å². The molecule has 1 aromatic carbocycles. The molecule has 4 nitrogen and oxygen atoms in total. The highest BCUT2D eigenvalue weighted by Gasteiger charge is 2.18. The number of amides is 1. The zero-order valence-corrected chi connectivity index (χ0v) is 9.93. The molecule has 0 spiro atoms. The van der Waals surface area contributed by atoms with Crippen molar-refractivity contribution in [3.8, 4) is 0 Å². The molecule has 1 heterocycles. The molecular formula is C13H19N3O. The third-order valence-electron chi connectivity index (χ3n) is 3.25. The van der Waals surface area contributed by atoms with Gasteiger partial charge in [0.15, 0.2) is 0 Å². The molecule has 0 aromatic heterocycles. The van der Waals surface area contributed by atoms with Crippen LogP contribution in [0.1, 0.15) is 17.5 Å². The fraction of sp³-hybridized carbons (Fsp3) is 0.462. The summed E-state index contributed by atoms with van der Waals surface area (Å²) in [5.41, 5.74) is 13.6. The average Bonchev–Trinajstić information content (AvgIpc) is 2.50. The second-order valence-corrected chi connectivity index (χ2v) is 4.62. The molecule has 2 rings (SSSR count). The predicted octanol–water partition coefficient (Wildman–Crippen LogP) is 0.247. The Morgan fingerprint density at radius 2 is 2.06 bits per heavy atom. The molecule has 0 saturated heterocycles. The summed E-state index contributed by atoms with van der Waals surface area (Å²) in [5, 5.41) is 0. The second-order valence-electron chi connectivity index (χ2n) is 4.62. The highest BCUT2D eigenvalue weighted by atomic mass is 16.1. The van der Waals surface area contributed by atoms with Crippen LogP contribution in [0.5, 0.6) is 0 Å². The number of hydrogen-bond donors (Lipinski definition) is 2. The first-order chi connectivity index (χ1) is 8.16. The molecule has 1 aromatic rings. The number of nitrogens with zero attached hydrogens (tertiary/aromatic N) is 1. The standard InChI is InChI=1S/C13H19N3O/c14-12(13(15)17)9-16-7-3-6-10-4-1-2-5-11(10)8-16/h1-2,4-5,12H,3,6-9,14H2,(H2,15,17). The first-order valence-electron chi connectivity index (χ1n) is 6.01. The lowest BCUT2D eigenvalue weighted by atomic mass is 10.0. The van der Waals surface area contributed by atoms with Crippen molar-refractivity contribution in [2.75, 3.05) is 13.1 Å². The van der Waals surface area contributed by atoms with Crippen LogP contribution in [0.15, 0.2) is 24.3 Å². The van der Waals surface area contributed by atoms with E-state index in [9.17, 15) is 4.79 Å². The summed E-state index contributed by atoms with van der Waals surface area (Å²) in [6, 6.07) is 7.87. The third kappa shape index (κ3) is 3.05. The van der Waals surface area contributed by atoms with Crippen LogP contribution in [0.25, 0.3) is 0 Å². The summed E-state index contributed by atoms with van der Waals surface area (Å²) < 4.78 is 0. The van der Waals surface area contributed by atoms with E-state index in [-0.39, 0.29) is 0 Å². The van der Waals surface area contributed by atoms with Crippen LogP contribution >= 0.6 is 0 Å². The van der Waals surface area contributed by atoms with Crippen LogP contribution in [-0.2, 0) is 17.8 Å². The molecule has 0 fully saturated rings. The van der Waals surface area contributed by atoms with Gasteiger partial charge >= 0.3 is 0 Å². The van der Waals surface area contributed by atoms with Crippen LogP contribution < -0.4 is 11.5 Å². The fourth-order valence-corrected chi connectivity index (χ4v) is 2.29. The van der Waals surface area contributed by atoms with Gasteiger partial charge in [0.2, 0.25) is 5.91 Å². The van der Waals surface area contributed by atoms with Crippen LogP contribution in [0, 0.1) is 0 Å². The number of carbonyl (C=O) groups is 1. The van der Waals surface area contributed by atoms with Gasteiger partial charge in [0.1, 0.15) is 0 Å². The molecule has 0 bridgehead atoms. The second kappa shape index (κ2) is 5.29. The predicted molar refractivity (Wildman–Crippen MR) is 67.2 cm³/mol. The summed E-state index contributed by atoms with van der Waals surface area (Å²) in [6.45, 7) is 2.37. The molecule has 92 valence electrons. The Bertz CT molecular complexity index is 405. The van der Waals surface area contributed by atoms with Gasteiger partial charge in [-0.1, -0.05) is 24.3 Å². The Kier molecular flexibility index (Phi) is 3.76. The van der Waals surface area contributed by atoms with E-state index in [4.69, 9.17) is 11.5 Å². The SMILES string of the molecule is NC(=O)C(N)CN1CCCc2ccccc2C1. The minimum Gasteiger partial charge on any atom is -0.368 e. The van der Waals surface area contributed by atoms with E-state index in [2.05, 4.69) is 29.2 Å². The van der Waals surface area contributed by atoms with Crippen LogP contribution in [-0.4, -0.2) is 29.9 Å². The van der Waals surface area contributed by atoms with E-state index in [0.717, 1.165) is 25.9 Å². The molecule has 17 heavy (non-hydrogen) atoms. The van der Waals surface area contributed by atoms with Crippen LogP contribution in [0.4, 0.5) is 0 Å². The lowest BCUT2D eigenvalue weighted by Crippen LogP contribution is -2.45. The third-order valence-corrected chi connectivity index (χ3v) is 3.25. The molecule has 4 N–H and O–H groups in total. The molecule has 1 atom stereocenters. The van der Waals surface area contributed by atoms with Gasteiger partial charge in [-0.2, -0.15) is 0 Å². The zero-order valence-electron chi connectivity index (χ0n) is 9.93. The fourth-order valence-electron chi connectivity index (χ4n) is 2.29. The van der Waals surface area contributed by atoms with Crippen molar-refractivity contribution in [3.63, 3.8) is 0 Å². The van der Waals surface area contributed by atoms with Crippen molar-refractivity contribution in [2.45, 2.75) is 25.4 Å². The van der Waals surface area contributed by atoms with E-state index in [1.165, 1.54) is 11.1 Å². The van der Waals surface area contributed by atoms with Gasteiger partial charge in [-0.3, -0.25) is 9.69 Å². The monoisotopic (exact) mass is 233 g/mol. The molecule has 1 amide bonds. The highest BCUT2D eigenvalue weighted by molar-refractivity contribution is 5.79. The minimum atomic E-state index is -0.569. The smallest absolute Gasteiger partial charge is 0.235 e. The summed E-state index contributed by atoms with van der Waals surface area (Å²) in [7, 11) is 0. The first kappa shape index (κ1) is 12.1. The van der Waals surface area contributed by atoms with Gasteiger partial charge in [-0.15, -0.1) is 0 Å². The largest absolute Gasteiger partial charge is 0.368 e. The Hall–Kier alpha value is -1.39. The maximum absolute atomic E-state index is 11.0. The number of hydrogen-bond acceptors (Lipinski definition) is 3. The maximum Gasteiger partial charge on any atom is 0.235 e. The lowest BCUT2D eigenvalue weighted by Gasteiger charge is -2.22. The Morgan fingerprint density at radius 1 is 1.35 bits per heavy atom. The van der Waals surface area contributed by atoms with Crippen molar-refractivity contribution in [1.82, 2.24) is 4.90 Å². The molecule has 1 aliphatic rings. The average molecular weight is 233 g/mol. The van der Waals surface area contributed by atoms with Crippen molar-refractivity contribution >= 4 is 5.91 Å². The molecule has 0 radical (unpaired) electrons. The van der Waals surface area contributed by atoms with Crippen molar-refractivity contribution in [2.24, 2.45) is 11.5 Å². The minimum absolute atomic E-state index is 0.428. The molecule has 0 saturated carbocycles. The number of rotatable bonds is 3. The van der Waals surface area contributed by atoms with Crippen LogP contribution in [0.3, 0.4) is 0 Å². The summed E-state index contributed by atoms with van der Waals surface area (Å²) in [4.78, 5) is 13.2. The molecule has 0 aliphatic carbocycles. The number of aryl methyl sites for hydroxylation is 1. The summed E-state index contributed by atoms with van der Waals surface area (Å²) >= 11 is 0. The van der Waals surface area contributed by atoms with E-state index >= 15 is 0 Å². The summed E-state index contributed by atoms with van der Waals surface area (Å²) in [6.07, 6.45) is 2.20. The Labute approximate surface area is 102 Å². The van der Waals surface area contributed by atoms with E-state index in [1.54, 1.807) is 0 Å². The normalized spacial score (nSPS) is 18.2. The number of carbonyl (C=O) groups excluding carboxylic acids is 1. The van der Waals surface area contributed by atoms with Crippen molar-refractivity contribution in [3.05, 3.63) is 35.4 Å². The Morgan fingerprint density at radius 3 is 2.76 bits per heavy atom. The van der Waals surface area contributed by atoms with Crippen LogP contribution in [0.2, 0.25) is 0 Å². The molecular weight excluding hydrogens is 214 g/mol. The van der Waals surface area contributed by atoms with Crippen molar-refractivity contribution < 1.29 is 4.79 Å². The number of primary amides is 1. The van der Waals surface area contributed by atoms with Gasteiger partial charge in [0.05, 0.1) is 6.04 Å². The van der Waals surface area contributed by atoms with E-state index in [0.29, 0.717) is 6.54 Å².